The van der Waals surface area contributed by atoms with Crippen LogP contribution >= 0.6 is 0 Å². The molecule has 0 aromatic heterocycles. The summed E-state index contributed by atoms with van der Waals surface area (Å²) in [5.74, 6) is 5.24. The van der Waals surface area contributed by atoms with Crippen LogP contribution in [0.25, 0.3) is 0 Å². The van der Waals surface area contributed by atoms with E-state index in [-0.39, 0.29) is 0 Å². The summed E-state index contributed by atoms with van der Waals surface area (Å²) in [6.45, 7) is 3.94. The molecule has 0 atom stereocenters. The van der Waals surface area contributed by atoms with Crippen LogP contribution in [0.4, 0.5) is 0 Å². The van der Waals surface area contributed by atoms with Gasteiger partial charge in [0, 0.05) is 11.1 Å². The molecule has 0 spiro atoms. The summed E-state index contributed by atoms with van der Waals surface area (Å²) in [7, 11) is 0. The Morgan fingerprint density at radius 3 is 2.25 bits per heavy atom. The summed E-state index contributed by atoms with van der Waals surface area (Å²) in [4.78, 5) is 0. The third-order valence-corrected chi connectivity index (χ3v) is 1.97. The van der Waals surface area contributed by atoms with Crippen molar-refractivity contribution in [3.8, 4) is 24.7 Å². The Labute approximate surface area is 73.6 Å². The molecule has 0 saturated heterocycles. The quantitative estimate of drug-likeness (QED) is 0.503. The van der Waals surface area contributed by atoms with Gasteiger partial charge in [-0.25, -0.2) is 0 Å². The van der Waals surface area contributed by atoms with Crippen LogP contribution in [0, 0.1) is 38.5 Å². The maximum Gasteiger partial charge on any atom is 0.0313 e. The van der Waals surface area contributed by atoms with Crippen LogP contribution in [-0.2, 0) is 0 Å². The van der Waals surface area contributed by atoms with E-state index >= 15 is 0 Å². The molecule has 1 aromatic rings. The molecule has 0 aliphatic carbocycles. The fourth-order valence-corrected chi connectivity index (χ4v) is 1.23. The summed E-state index contributed by atoms with van der Waals surface area (Å²) in [5, 5.41) is 0. The summed E-state index contributed by atoms with van der Waals surface area (Å²) in [6, 6.07) is 3.88. The standard InChI is InChI=1S/C12H10/c1-5-11-8-7-9(3)12(6-2)10(11)4/h1-2,7-8H,3-4H3. The molecule has 0 heteroatoms. The molecule has 1 rings (SSSR count). The predicted octanol–water partition coefficient (Wildman–Crippen LogP) is 2.27. The molecule has 0 aliphatic heterocycles. The van der Waals surface area contributed by atoms with Crippen molar-refractivity contribution in [3.05, 3.63) is 34.4 Å². The van der Waals surface area contributed by atoms with Gasteiger partial charge in [0.1, 0.15) is 0 Å². The maximum absolute atomic E-state index is 5.36. The molecule has 0 radical (unpaired) electrons. The summed E-state index contributed by atoms with van der Waals surface area (Å²) >= 11 is 0. The molecular formula is C12H10. The number of aryl methyl sites for hydroxylation is 1. The zero-order valence-corrected chi connectivity index (χ0v) is 7.31. The van der Waals surface area contributed by atoms with E-state index in [1.165, 1.54) is 0 Å². The van der Waals surface area contributed by atoms with E-state index in [1.54, 1.807) is 0 Å². The average molecular weight is 154 g/mol. The van der Waals surface area contributed by atoms with E-state index in [0.29, 0.717) is 0 Å². The topological polar surface area (TPSA) is 0 Å². The zero-order valence-electron chi connectivity index (χ0n) is 7.31. The van der Waals surface area contributed by atoms with Crippen molar-refractivity contribution in [2.75, 3.05) is 0 Å². The van der Waals surface area contributed by atoms with Gasteiger partial charge in [0.2, 0.25) is 0 Å². The van der Waals surface area contributed by atoms with Crippen molar-refractivity contribution in [1.29, 1.82) is 0 Å². The van der Waals surface area contributed by atoms with Gasteiger partial charge in [0.25, 0.3) is 0 Å². The lowest BCUT2D eigenvalue weighted by Crippen LogP contribution is -1.91. The Balaban J connectivity index is 3.50. The highest BCUT2D eigenvalue weighted by molar-refractivity contribution is 5.53. The van der Waals surface area contributed by atoms with Crippen LogP contribution in [0.5, 0.6) is 0 Å². The van der Waals surface area contributed by atoms with Crippen molar-refractivity contribution in [2.45, 2.75) is 13.8 Å². The molecule has 12 heavy (non-hydrogen) atoms. The lowest BCUT2D eigenvalue weighted by Gasteiger charge is -2.04. The Morgan fingerprint density at radius 1 is 1.08 bits per heavy atom. The van der Waals surface area contributed by atoms with Crippen molar-refractivity contribution in [2.24, 2.45) is 0 Å². The Morgan fingerprint density at radius 2 is 1.75 bits per heavy atom. The minimum Gasteiger partial charge on any atom is -0.115 e. The van der Waals surface area contributed by atoms with Gasteiger partial charge in [-0.3, -0.25) is 0 Å². The number of benzene rings is 1. The van der Waals surface area contributed by atoms with E-state index in [9.17, 15) is 0 Å². The van der Waals surface area contributed by atoms with Gasteiger partial charge in [-0.1, -0.05) is 17.9 Å². The van der Waals surface area contributed by atoms with Gasteiger partial charge in [-0.2, -0.15) is 0 Å². The highest BCUT2D eigenvalue weighted by atomic mass is 14.0. The van der Waals surface area contributed by atoms with E-state index in [0.717, 1.165) is 22.3 Å². The molecule has 0 nitrogen and oxygen atoms in total. The van der Waals surface area contributed by atoms with Crippen molar-refractivity contribution in [1.82, 2.24) is 0 Å². The van der Waals surface area contributed by atoms with Gasteiger partial charge in [0.05, 0.1) is 0 Å². The highest BCUT2D eigenvalue weighted by Crippen LogP contribution is 2.15. The Hall–Kier alpha value is -1.66. The zero-order chi connectivity index (χ0) is 9.14. The largest absolute Gasteiger partial charge is 0.115 e. The average Bonchev–Trinajstić information content (AvgIpc) is 2.06. The van der Waals surface area contributed by atoms with Gasteiger partial charge >= 0.3 is 0 Å². The first kappa shape index (κ1) is 8.44. The molecule has 0 heterocycles. The van der Waals surface area contributed by atoms with Crippen LogP contribution < -0.4 is 0 Å². The number of terminal acetylenes is 2. The number of hydrogen-bond acceptors (Lipinski definition) is 0. The second-order valence-electron chi connectivity index (χ2n) is 2.72. The first-order chi connectivity index (χ1) is 5.70. The molecule has 0 bridgehead atoms. The van der Waals surface area contributed by atoms with E-state index in [1.807, 2.05) is 26.0 Å². The molecule has 0 saturated carbocycles. The van der Waals surface area contributed by atoms with E-state index in [2.05, 4.69) is 11.8 Å². The number of hydrogen-bond donors (Lipinski definition) is 0. The minimum absolute atomic E-state index is 0.883. The summed E-state index contributed by atoms with van der Waals surface area (Å²) in [5.41, 5.74) is 3.94. The van der Waals surface area contributed by atoms with Gasteiger partial charge in [0.15, 0.2) is 0 Å². The third kappa shape index (κ3) is 1.20. The monoisotopic (exact) mass is 154 g/mol. The lowest BCUT2D eigenvalue weighted by molar-refractivity contribution is 1.33. The van der Waals surface area contributed by atoms with Crippen LogP contribution in [0.2, 0.25) is 0 Å². The molecule has 58 valence electrons. The molecule has 0 amide bonds. The number of rotatable bonds is 0. The van der Waals surface area contributed by atoms with Crippen molar-refractivity contribution in [3.63, 3.8) is 0 Å². The first-order valence-corrected chi connectivity index (χ1v) is 3.74. The summed E-state index contributed by atoms with van der Waals surface area (Å²) < 4.78 is 0. The molecule has 0 unspecified atom stereocenters. The van der Waals surface area contributed by atoms with Crippen LogP contribution in [0.3, 0.4) is 0 Å². The van der Waals surface area contributed by atoms with Crippen molar-refractivity contribution >= 4 is 0 Å². The SMILES string of the molecule is C#Cc1ccc(C)c(C#C)c1C. The fourth-order valence-electron chi connectivity index (χ4n) is 1.23. The molecule has 0 fully saturated rings. The van der Waals surface area contributed by atoms with Crippen molar-refractivity contribution < 1.29 is 0 Å². The van der Waals surface area contributed by atoms with E-state index < -0.39 is 0 Å². The molecule has 0 N–H and O–H groups in total. The van der Waals surface area contributed by atoms with Crippen LogP contribution in [-0.4, -0.2) is 0 Å². The molecule has 0 aliphatic rings. The minimum atomic E-state index is 0.883. The summed E-state index contributed by atoms with van der Waals surface area (Å²) in [6.07, 6.45) is 10.7. The smallest absolute Gasteiger partial charge is 0.0313 e. The van der Waals surface area contributed by atoms with E-state index in [4.69, 9.17) is 12.8 Å². The van der Waals surface area contributed by atoms with Gasteiger partial charge in [-0.05, 0) is 31.0 Å². The maximum atomic E-state index is 5.36. The molecular weight excluding hydrogens is 144 g/mol. The molecule has 1 aromatic carbocycles. The highest BCUT2D eigenvalue weighted by Gasteiger charge is 2.02. The lowest BCUT2D eigenvalue weighted by atomic mass is 9.99. The third-order valence-electron chi connectivity index (χ3n) is 1.97. The first-order valence-electron chi connectivity index (χ1n) is 3.74. The van der Waals surface area contributed by atoms with Crippen LogP contribution in [0.15, 0.2) is 12.1 Å². The predicted molar refractivity (Wildman–Crippen MR) is 51.8 cm³/mol. The van der Waals surface area contributed by atoms with Gasteiger partial charge in [-0.15, -0.1) is 12.8 Å². The Kier molecular flexibility index (Phi) is 2.22. The normalized spacial score (nSPS) is 8.67. The van der Waals surface area contributed by atoms with Gasteiger partial charge < -0.3 is 0 Å². The fraction of sp³-hybridized carbons (Fsp3) is 0.167. The van der Waals surface area contributed by atoms with Crippen LogP contribution in [0.1, 0.15) is 22.3 Å². The second kappa shape index (κ2) is 3.16. The Bertz CT molecular complexity index is 384. The second-order valence-corrected chi connectivity index (χ2v) is 2.72.